The molecule has 0 unspecified atom stereocenters. The number of aliphatic hydroxyl groups excluding tert-OH is 2. The van der Waals surface area contributed by atoms with E-state index in [1.54, 1.807) is 70.8 Å². The molecule has 15 heteroatoms. The number of ether oxygens (including phenoxy) is 2. The standard InChI is InChI=1S/C47H58F3N3O5.C29H46N2O2/c1-27-22-40-41(29(3)46(58-40)19-17-35-36-15-14-33-24-34(54)16-18-45(33,4)38(36)25-37(35)28(46)2)53(26-27)21-20-51-43(56)39(52-44(57)47(48,49)50)23-30-10-12-32(13-11-30)42(55)31-8-6-5-7-9-31;1-17-13-26-27(31(16-17)12-11-30)19(3)29(33-26)10-8-22-23-6-5-20-14-21(32)7-9-28(20,4)25(23)15-24(22)18(29)2/h5-14,27,29,34-36,38-41,54H,15-26H2,1-4H3,(H,51,56)(H,52,57);5,17,19,21-23,25-27,32H,6-16,30H2,1-4H3/t27-,29+,34-,35-,36-,38-,39-,40+,41-,45-,46-;17-,19+,21-,22-,23-,25-,26+,27-,28-,29-/m00/s1. The van der Waals surface area contributed by atoms with Crippen molar-refractivity contribution in [3.05, 3.63) is 117 Å². The van der Waals surface area contributed by atoms with Crippen LogP contribution in [0.15, 0.2) is 100 Å². The van der Waals surface area contributed by atoms with Gasteiger partial charge in [-0.25, -0.2) is 0 Å². The van der Waals surface area contributed by atoms with Crippen molar-refractivity contribution in [2.75, 3.05) is 39.3 Å². The van der Waals surface area contributed by atoms with Gasteiger partial charge in [0.15, 0.2) is 5.78 Å². The summed E-state index contributed by atoms with van der Waals surface area (Å²) in [5.74, 6) is 2.82. The fraction of sp³-hybridized carbons (Fsp3) is 0.697. The SMILES string of the molecule is CC1=C2C[C@H]3[C@@H](CC=C4C[C@@H](O)CC[C@@]43C)[C@@H]2CC[C@]12O[C@@H]1C[C@H](C)CN(CCN)[C@H]1[C@H]2C.CC1=C2C[C@H]3[C@@H](CC=C4C[C@@H](O)CC[C@@]43C)[C@@H]2CC[C@]12O[C@@H]1C[C@H](C)CN(CCNC(=O)[C@H](Cc3ccc(C(=O)c4ccccc4)cc3)NC(=O)C(F)(F)F)[C@H]1[C@H]2C. The second-order valence-electron chi connectivity index (χ2n) is 31.6. The maximum atomic E-state index is 13.6. The number of likely N-dealkylation sites (tertiary alicyclic amines) is 2. The van der Waals surface area contributed by atoms with Gasteiger partial charge in [0.05, 0.1) is 35.6 Å². The van der Waals surface area contributed by atoms with Crippen LogP contribution < -0.4 is 16.4 Å². The van der Waals surface area contributed by atoms with Crippen molar-refractivity contribution in [3.63, 3.8) is 0 Å². The number of amides is 2. The lowest BCUT2D eigenvalue weighted by Gasteiger charge is -2.49. The van der Waals surface area contributed by atoms with Crippen LogP contribution in [0, 0.1) is 70.0 Å². The molecule has 4 saturated heterocycles. The number of halogens is 3. The Kier molecular flexibility index (Phi) is 17.9. The van der Waals surface area contributed by atoms with Gasteiger partial charge in [0.1, 0.15) is 6.04 Å². The number of fused-ring (bicyclic) bond motifs is 12. The minimum atomic E-state index is -5.15. The fourth-order valence-corrected chi connectivity index (χ4v) is 22.3. The molecule has 4 aliphatic heterocycles. The van der Waals surface area contributed by atoms with Gasteiger partial charge in [-0.05, 0) is 191 Å². The van der Waals surface area contributed by atoms with Gasteiger partial charge in [-0.15, -0.1) is 0 Å². The molecule has 8 fully saturated rings. The molecule has 4 saturated carbocycles. The van der Waals surface area contributed by atoms with Crippen LogP contribution in [0.5, 0.6) is 0 Å². The van der Waals surface area contributed by atoms with E-state index in [0.717, 1.165) is 108 Å². The Morgan fingerprint density at radius 2 is 1.15 bits per heavy atom. The number of aliphatic hydroxyl groups is 2. The van der Waals surface area contributed by atoms with Gasteiger partial charge in [0.2, 0.25) is 5.91 Å². The summed E-state index contributed by atoms with van der Waals surface area (Å²) < 4.78 is 54.7. The molecule has 4 heterocycles. The number of rotatable bonds is 11. The number of piperidine rings is 2. The Labute approximate surface area is 539 Å². The lowest BCUT2D eigenvalue weighted by Crippen LogP contribution is -2.55. The van der Waals surface area contributed by atoms with Gasteiger partial charge in [0.25, 0.3) is 0 Å². The van der Waals surface area contributed by atoms with Gasteiger partial charge in [-0.3, -0.25) is 24.2 Å². The van der Waals surface area contributed by atoms with Gasteiger partial charge in [-0.1, -0.05) is 131 Å². The normalized spacial score (nSPS) is 41.1. The number of benzene rings is 2. The summed E-state index contributed by atoms with van der Waals surface area (Å²) in [7, 11) is 0. The molecule has 2 aromatic rings. The molecular weight excluding hydrogens is 1150 g/mol. The van der Waals surface area contributed by atoms with Crippen LogP contribution in [-0.4, -0.2) is 137 Å². The number of carbonyl (C=O) groups is 3. The molecule has 0 radical (unpaired) electrons. The highest BCUT2D eigenvalue weighted by molar-refractivity contribution is 6.09. The largest absolute Gasteiger partial charge is 0.471 e. The highest BCUT2D eigenvalue weighted by Crippen LogP contribution is 2.67. The summed E-state index contributed by atoms with van der Waals surface area (Å²) >= 11 is 0. The first-order valence-corrected chi connectivity index (χ1v) is 35.4. The minimum Gasteiger partial charge on any atom is -0.393 e. The molecule has 8 aliphatic carbocycles. The summed E-state index contributed by atoms with van der Waals surface area (Å²) in [4.78, 5) is 43.6. The molecule has 2 aromatic carbocycles. The Balaban J connectivity index is 0.000000193. The van der Waals surface area contributed by atoms with Crippen molar-refractivity contribution in [3.8, 4) is 0 Å². The zero-order chi connectivity index (χ0) is 64.3. The van der Waals surface area contributed by atoms with Crippen molar-refractivity contribution < 1.29 is 47.2 Å². The molecular formula is C76H104F3N5O7. The molecule has 0 aromatic heterocycles. The number of hydrogen-bond acceptors (Lipinski definition) is 10. The second kappa shape index (κ2) is 24.9. The number of allylic oxidation sites excluding steroid dienone is 4. The van der Waals surface area contributed by atoms with Crippen molar-refractivity contribution >= 4 is 17.6 Å². The van der Waals surface area contributed by atoms with Crippen LogP contribution in [0.4, 0.5) is 13.2 Å². The number of alkyl halides is 3. The van der Waals surface area contributed by atoms with Crippen molar-refractivity contribution in [1.29, 1.82) is 0 Å². The van der Waals surface area contributed by atoms with Crippen LogP contribution in [0.3, 0.4) is 0 Å². The van der Waals surface area contributed by atoms with Crippen LogP contribution in [0.1, 0.15) is 180 Å². The zero-order valence-corrected chi connectivity index (χ0v) is 55.5. The van der Waals surface area contributed by atoms with E-state index in [4.69, 9.17) is 15.2 Å². The number of nitrogens with two attached hydrogens (primary N) is 1. The molecule has 2 amide bonds. The topological polar surface area (TPSA) is 167 Å². The van der Waals surface area contributed by atoms with Gasteiger partial charge in [0, 0.05) is 80.7 Å². The second-order valence-corrected chi connectivity index (χ2v) is 31.6. The average Bonchev–Trinajstić information content (AvgIpc) is 1.56. The minimum absolute atomic E-state index is 0.0337. The van der Waals surface area contributed by atoms with E-state index >= 15 is 0 Å². The molecule has 12 aliphatic rings. The highest BCUT2D eigenvalue weighted by atomic mass is 19.4. The monoisotopic (exact) mass is 1260 g/mol. The molecule has 0 bridgehead atoms. The van der Waals surface area contributed by atoms with E-state index in [1.807, 2.05) is 11.4 Å². The Morgan fingerprint density at radius 1 is 0.670 bits per heavy atom. The third-order valence-electron chi connectivity index (χ3n) is 26.9. The first-order chi connectivity index (χ1) is 43.4. The summed E-state index contributed by atoms with van der Waals surface area (Å²) in [6, 6.07) is 14.3. The van der Waals surface area contributed by atoms with E-state index < -0.39 is 24.0 Å². The summed E-state index contributed by atoms with van der Waals surface area (Å²) in [6.45, 7) is 23.6. The van der Waals surface area contributed by atoms with Crippen LogP contribution in [0.2, 0.25) is 0 Å². The van der Waals surface area contributed by atoms with Crippen LogP contribution in [0.25, 0.3) is 0 Å². The number of nitrogens with one attached hydrogen (secondary N) is 2. The molecule has 496 valence electrons. The quantitative estimate of drug-likeness (QED) is 0.108. The van der Waals surface area contributed by atoms with E-state index in [1.165, 1.54) is 49.8 Å². The lowest BCUT2D eigenvalue weighted by atomic mass is 9.56. The number of carbonyl (C=O) groups excluding carboxylic acids is 3. The predicted octanol–water partition coefficient (Wildman–Crippen LogP) is 12.0. The zero-order valence-electron chi connectivity index (χ0n) is 55.5. The van der Waals surface area contributed by atoms with Crippen LogP contribution in [-0.2, 0) is 25.5 Å². The first kappa shape index (κ1) is 65.2. The smallest absolute Gasteiger partial charge is 0.393 e. The van der Waals surface area contributed by atoms with Gasteiger partial charge in [-0.2, -0.15) is 13.2 Å². The summed E-state index contributed by atoms with van der Waals surface area (Å²) in [6.07, 6.45) is 16.9. The molecule has 6 N–H and O–H groups in total. The molecule has 12 nitrogen and oxygen atoms in total. The molecule has 14 rings (SSSR count). The maximum absolute atomic E-state index is 13.6. The average molecular weight is 1260 g/mol. The molecule has 21 atom stereocenters. The predicted molar refractivity (Wildman–Crippen MR) is 347 cm³/mol. The maximum Gasteiger partial charge on any atom is 0.471 e. The van der Waals surface area contributed by atoms with Crippen molar-refractivity contribution in [2.24, 2.45) is 75.7 Å². The number of ketones is 1. The van der Waals surface area contributed by atoms with Gasteiger partial charge >= 0.3 is 12.1 Å². The van der Waals surface area contributed by atoms with Crippen LogP contribution >= 0.6 is 0 Å². The summed E-state index contributed by atoms with van der Waals surface area (Å²) in [5.41, 5.74) is 16.9. The Morgan fingerprint density at radius 3 is 1.64 bits per heavy atom. The lowest BCUT2D eigenvalue weighted by molar-refractivity contribution is -0.174. The van der Waals surface area contributed by atoms with Crippen molar-refractivity contribution in [2.45, 2.75) is 224 Å². The highest BCUT2D eigenvalue weighted by Gasteiger charge is 2.64. The van der Waals surface area contributed by atoms with E-state index in [-0.39, 0.29) is 65.6 Å². The van der Waals surface area contributed by atoms with E-state index in [0.29, 0.717) is 76.3 Å². The fourth-order valence-electron chi connectivity index (χ4n) is 22.3. The van der Waals surface area contributed by atoms with Gasteiger partial charge < -0.3 is 36.1 Å². The third-order valence-corrected chi connectivity index (χ3v) is 26.9. The van der Waals surface area contributed by atoms with E-state index in [2.05, 4.69) is 82.7 Å². The molecule has 2 spiro atoms. The van der Waals surface area contributed by atoms with Crippen molar-refractivity contribution in [1.82, 2.24) is 20.4 Å². The Hall–Kier alpha value is -4.48. The third kappa shape index (κ3) is 11.4. The van der Waals surface area contributed by atoms with E-state index in [9.17, 15) is 37.8 Å². The Bertz CT molecular complexity index is 3220. The molecule has 91 heavy (non-hydrogen) atoms. The number of hydrogen-bond donors (Lipinski definition) is 5. The first-order valence-electron chi connectivity index (χ1n) is 35.4. The number of nitrogens with zero attached hydrogens (tertiary/aromatic N) is 2. The summed E-state index contributed by atoms with van der Waals surface area (Å²) in [5, 5.41) is 25.6.